The Labute approximate surface area is 105 Å². The first kappa shape index (κ1) is 12.3. The summed E-state index contributed by atoms with van der Waals surface area (Å²) in [6.07, 6.45) is 4.09. The first-order valence-corrected chi connectivity index (χ1v) is 5.64. The summed E-state index contributed by atoms with van der Waals surface area (Å²) in [7, 11) is 1.64. The summed E-state index contributed by atoms with van der Waals surface area (Å²) < 4.78 is 10.2. The van der Waals surface area contributed by atoms with Crippen LogP contribution in [-0.2, 0) is 6.42 Å². The van der Waals surface area contributed by atoms with Crippen molar-refractivity contribution in [1.29, 1.82) is 0 Å². The Morgan fingerprint density at radius 1 is 1.44 bits per heavy atom. The molecule has 1 aromatic carbocycles. The predicted octanol–water partition coefficient (Wildman–Crippen LogP) is 1.64. The van der Waals surface area contributed by atoms with Gasteiger partial charge in [0.15, 0.2) is 5.82 Å². The van der Waals surface area contributed by atoms with E-state index in [1.165, 1.54) is 0 Å². The lowest BCUT2D eigenvalue weighted by atomic mass is 10.1. The number of hydrogen-bond acceptors (Lipinski definition) is 5. The number of nitrogens with zero attached hydrogens (tertiary/aromatic N) is 2. The van der Waals surface area contributed by atoms with E-state index in [2.05, 4.69) is 10.1 Å². The minimum atomic E-state index is 0.452. The molecule has 0 saturated heterocycles. The summed E-state index contributed by atoms with van der Waals surface area (Å²) in [6.45, 7) is 0.452. The van der Waals surface area contributed by atoms with Crippen LogP contribution in [0.1, 0.15) is 17.3 Å². The van der Waals surface area contributed by atoms with Gasteiger partial charge in [-0.15, -0.1) is 0 Å². The molecule has 5 heteroatoms. The summed E-state index contributed by atoms with van der Waals surface area (Å²) in [5.41, 5.74) is 6.42. The second-order valence-electron chi connectivity index (χ2n) is 3.72. The fraction of sp³-hybridized carbons (Fsp3) is 0.231. The zero-order valence-electron chi connectivity index (χ0n) is 10.2. The average Bonchev–Trinajstić information content (AvgIpc) is 2.84. The van der Waals surface area contributed by atoms with E-state index >= 15 is 0 Å². The third kappa shape index (κ3) is 3.18. The van der Waals surface area contributed by atoms with Gasteiger partial charge >= 0.3 is 0 Å². The van der Waals surface area contributed by atoms with Crippen molar-refractivity contribution in [1.82, 2.24) is 10.1 Å². The summed E-state index contributed by atoms with van der Waals surface area (Å²) in [6, 6.07) is 7.78. The third-order valence-corrected chi connectivity index (χ3v) is 2.38. The van der Waals surface area contributed by atoms with Crippen LogP contribution in [0.3, 0.4) is 0 Å². The van der Waals surface area contributed by atoms with Crippen LogP contribution in [0.4, 0.5) is 0 Å². The Kier molecular flexibility index (Phi) is 4.09. The number of rotatable bonds is 5. The van der Waals surface area contributed by atoms with E-state index in [0.29, 0.717) is 24.7 Å². The Balaban J connectivity index is 2.08. The predicted molar refractivity (Wildman–Crippen MR) is 68.2 cm³/mol. The lowest BCUT2D eigenvalue weighted by Gasteiger charge is -2.01. The lowest BCUT2D eigenvalue weighted by Crippen LogP contribution is -1.93. The summed E-state index contributed by atoms with van der Waals surface area (Å²) in [5, 5.41) is 3.90. The monoisotopic (exact) mass is 245 g/mol. The molecule has 0 fully saturated rings. The van der Waals surface area contributed by atoms with Gasteiger partial charge < -0.3 is 15.0 Å². The summed E-state index contributed by atoms with van der Waals surface area (Å²) in [5.74, 6) is 1.93. The largest absolute Gasteiger partial charge is 0.497 e. The summed E-state index contributed by atoms with van der Waals surface area (Å²) in [4.78, 5) is 4.24. The molecule has 18 heavy (non-hydrogen) atoms. The Morgan fingerprint density at radius 2 is 2.33 bits per heavy atom. The molecule has 94 valence electrons. The van der Waals surface area contributed by atoms with Crippen molar-refractivity contribution < 1.29 is 9.26 Å². The van der Waals surface area contributed by atoms with Crippen LogP contribution in [-0.4, -0.2) is 23.8 Å². The van der Waals surface area contributed by atoms with Gasteiger partial charge in [-0.3, -0.25) is 0 Å². The highest BCUT2D eigenvalue weighted by atomic mass is 16.5. The lowest BCUT2D eigenvalue weighted by molar-refractivity contribution is 0.403. The Morgan fingerprint density at radius 3 is 3.11 bits per heavy atom. The van der Waals surface area contributed by atoms with E-state index in [1.54, 1.807) is 19.3 Å². The number of methoxy groups -OCH3 is 1. The molecule has 5 nitrogen and oxygen atoms in total. The molecule has 1 aromatic heterocycles. The molecule has 0 atom stereocenters. The normalized spacial score (nSPS) is 11.0. The third-order valence-electron chi connectivity index (χ3n) is 2.38. The second-order valence-corrected chi connectivity index (χ2v) is 3.72. The number of ether oxygens (including phenoxy) is 1. The molecule has 1 heterocycles. The first-order valence-electron chi connectivity index (χ1n) is 5.64. The average molecular weight is 245 g/mol. The van der Waals surface area contributed by atoms with E-state index in [9.17, 15) is 0 Å². The van der Waals surface area contributed by atoms with Crippen molar-refractivity contribution in [3.63, 3.8) is 0 Å². The number of hydrogen-bond donors (Lipinski definition) is 1. The van der Waals surface area contributed by atoms with Crippen molar-refractivity contribution in [2.24, 2.45) is 5.73 Å². The summed E-state index contributed by atoms with van der Waals surface area (Å²) >= 11 is 0. The van der Waals surface area contributed by atoms with Crippen molar-refractivity contribution in [2.45, 2.75) is 6.42 Å². The van der Waals surface area contributed by atoms with Crippen LogP contribution >= 0.6 is 0 Å². The van der Waals surface area contributed by atoms with Crippen molar-refractivity contribution >= 4 is 6.08 Å². The van der Waals surface area contributed by atoms with Gasteiger partial charge in [-0.25, -0.2) is 0 Å². The maximum atomic E-state index is 5.35. The van der Waals surface area contributed by atoms with Gasteiger partial charge in [0.05, 0.1) is 7.11 Å². The zero-order valence-corrected chi connectivity index (χ0v) is 10.2. The maximum absolute atomic E-state index is 5.35. The quantitative estimate of drug-likeness (QED) is 0.866. The molecule has 0 amide bonds. The van der Waals surface area contributed by atoms with Crippen molar-refractivity contribution in [2.75, 3.05) is 13.7 Å². The van der Waals surface area contributed by atoms with Crippen molar-refractivity contribution in [3.8, 4) is 5.75 Å². The zero-order chi connectivity index (χ0) is 12.8. The van der Waals surface area contributed by atoms with Gasteiger partial charge in [0.1, 0.15) is 5.75 Å². The second kappa shape index (κ2) is 5.97. The minimum absolute atomic E-state index is 0.452. The Hall–Kier alpha value is -2.14. The van der Waals surface area contributed by atoms with E-state index < -0.39 is 0 Å². The van der Waals surface area contributed by atoms with Crippen LogP contribution in [0.25, 0.3) is 6.08 Å². The highest BCUT2D eigenvalue weighted by Crippen LogP contribution is 2.15. The highest BCUT2D eigenvalue weighted by Gasteiger charge is 2.05. The Bertz CT molecular complexity index is 535. The first-order chi connectivity index (χ1) is 8.81. The van der Waals surface area contributed by atoms with Gasteiger partial charge in [0.2, 0.25) is 5.89 Å². The molecule has 0 unspecified atom stereocenters. The molecule has 0 saturated carbocycles. The highest BCUT2D eigenvalue weighted by molar-refractivity contribution is 5.37. The fourth-order valence-electron chi connectivity index (χ4n) is 1.54. The molecular formula is C13H15N3O2. The van der Waals surface area contributed by atoms with Gasteiger partial charge in [0.25, 0.3) is 0 Å². The molecule has 2 rings (SSSR count). The van der Waals surface area contributed by atoms with Crippen LogP contribution in [0.5, 0.6) is 5.75 Å². The van der Waals surface area contributed by atoms with Crippen LogP contribution in [0.2, 0.25) is 0 Å². The standard InChI is InChI=1S/C13H15N3O2/c1-17-11-5-2-4-10(8-11)9-12-15-13(18-16-12)6-3-7-14/h2-6,8H,7,9,14H2,1H3/b6-3+. The molecule has 2 aromatic rings. The molecular weight excluding hydrogens is 230 g/mol. The molecule has 0 aliphatic carbocycles. The molecule has 0 aliphatic heterocycles. The topological polar surface area (TPSA) is 74.2 Å². The van der Waals surface area contributed by atoms with Crippen LogP contribution < -0.4 is 10.5 Å². The molecule has 0 aliphatic rings. The number of nitrogens with two attached hydrogens (primary N) is 1. The van der Waals surface area contributed by atoms with Gasteiger partial charge in [0, 0.05) is 19.0 Å². The molecule has 0 bridgehead atoms. The molecule has 2 N–H and O–H groups in total. The number of aromatic nitrogens is 2. The van der Waals surface area contributed by atoms with Gasteiger partial charge in [-0.2, -0.15) is 4.98 Å². The smallest absolute Gasteiger partial charge is 0.250 e. The van der Waals surface area contributed by atoms with E-state index in [-0.39, 0.29) is 0 Å². The minimum Gasteiger partial charge on any atom is -0.497 e. The van der Waals surface area contributed by atoms with Crippen LogP contribution in [0, 0.1) is 0 Å². The maximum Gasteiger partial charge on any atom is 0.250 e. The van der Waals surface area contributed by atoms with Gasteiger partial charge in [-0.1, -0.05) is 23.4 Å². The molecule has 0 radical (unpaired) electrons. The van der Waals surface area contributed by atoms with Gasteiger partial charge in [-0.05, 0) is 17.7 Å². The van der Waals surface area contributed by atoms with E-state index in [0.717, 1.165) is 11.3 Å². The molecule has 0 spiro atoms. The van der Waals surface area contributed by atoms with Crippen molar-refractivity contribution in [3.05, 3.63) is 47.6 Å². The fourth-order valence-corrected chi connectivity index (χ4v) is 1.54. The van der Waals surface area contributed by atoms with E-state index in [4.69, 9.17) is 15.0 Å². The van der Waals surface area contributed by atoms with Crippen LogP contribution in [0.15, 0.2) is 34.9 Å². The number of benzene rings is 1. The SMILES string of the molecule is COc1cccc(Cc2noc(/C=C/CN)n2)c1. The van der Waals surface area contributed by atoms with E-state index in [1.807, 2.05) is 24.3 Å².